The maximum absolute atomic E-state index is 5.63. The van der Waals surface area contributed by atoms with E-state index in [2.05, 4.69) is 16.8 Å². The molecule has 80 valence electrons. The van der Waals surface area contributed by atoms with E-state index in [-0.39, 0.29) is 0 Å². The van der Waals surface area contributed by atoms with Gasteiger partial charge in [-0.1, -0.05) is 0 Å². The van der Waals surface area contributed by atoms with Gasteiger partial charge in [-0.3, -0.25) is 0 Å². The van der Waals surface area contributed by atoms with Crippen LogP contribution in [-0.4, -0.2) is 24.6 Å². The van der Waals surface area contributed by atoms with Crippen molar-refractivity contribution in [3.8, 4) is 0 Å². The van der Waals surface area contributed by atoms with E-state index in [1.807, 2.05) is 25.2 Å². The van der Waals surface area contributed by atoms with Crippen LogP contribution in [0.5, 0.6) is 0 Å². The number of benzene rings is 1. The number of rotatable bonds is 3. The van der Waals surface area contributed by atoms with Crippen molar-refractivity contribution in [1.82, 2.24) is 4.98 Å². The first-order valence-corrected chi connectivity index (χ1v) is 4.98. The van der Waals surface area contributed by atoms with Crippen molar-refractivity contribution < 1.29 is 4.42 Å². The molecule has 2 aromatic rings. The van der Waals surface area contributed by atoms with Gasteiger partial charge in [0, 0.05) is 31.4 Å². The van der Waals surface area contributed by atoms with Gasteiger partial charge in [-0.15, -0.1) is 0 Å². The van der Waals surface area contributed by atoms with Crippen molar-refractivity contribution in [2.75, 3.05) is 18.5 Å². The van der Waals surface area contributed by atoms with Crippen molar-refractivity contribution in [2.45, 2.75) is 13.0 Å². The van der Waals surface area contributed by atoms with E-state index in [1.54, 1.807) is 0 Å². The minimum atomic E-state index is 0.311. The first-order valence-electron chi connectivity index (χ1n) is 4.98. The Balaban J connectivity index is 2.35. The Morgan fingerprint density at radius 1 is 1.53 bits per heavy atom. The molecular weight excluding hydrogens is 190 g/mol. The van der Waals surface area contributed by atoms with Gasteiger partial charge in [0.15, 0.2) is 12.0 Å². The number of anilines is 1. The van der Waals surface area contributed by atoms with Gasteiger partial charge in [-0.25, -0.2) is 4.98 Å². The van der Waals surface area contributed by atoms with E-state index in [4.69, 9.17) is 10.2 Å². The van der Waals surface area contributed by atoms with Crippen LogP contribution in [0.15, 0.2) is 29.0 Å². The lowest BCUT2D eigenvalue weighted by atomic mass is 10.2. The SMILES string of the molecule is CC(CN)N(C)c1ccc2ncoc2c1. The highest BCUT2D eigenvalue weighted by Gasteiger charge is 2.09. The molecule has 0 aliphatic rings. The number of nitrogens with zero attached hydrogens (tertiary/aromatic N) is 2. The molecule has 1 heterocycles. The van der Waals surface area contributed by atoms with Crippen molar-refractivity contribution in [1.29, 1.82) is 0 Å². The van der Waals surface area contributed by atoms with Crippen LogP contribution in [0, 0.1) is 0 Å². The zero-order chi connectivity index (χ0) is 10.8. The van der Waals surface area contributed by atoms with Gasteiger partial charge in [-0.05, 0) is 19.1 Å². The number of nitrogens with two attached hydrogens (primary N) is 1. The molecule has 4 nitrogen and oxygen atoms in total. The summed E-state index contributed by atoms with van der Waals surface area (Å²) in [6.07, 6.45) is 1.46. The minimum absolute atomic E-state index is 0.311. The van der Waals surface area contributed by atoms with Crippen LogP contribution in [-0.2, 0) is 0 Å². The van der Waals surface area contributed by atoms with Crippen LogP contribution in [0.3, 0.4) is 0 Å². The molecule has 0 fully saturated rings. The average molecular weight is 205 g/mol. The van der Waals surface area contributed by atoms with E-state index in [1.165, 1.54) is 6.39 Å². The molecule has 0 saturated heterocycles. The summed E-state index contributed by atoms with van der Waals surface area (Å²) in [6.45, 7) is 2.72. The maximum Gasteiger partial charge on any atom is 0.181 e. The minimum Gasteiger partial charge on any atom is -0.443 e. The topological polar surface area (TPSA) is 55.3 Å². The van der Waals surface area contributed by atoms with Gasteiger partial charge in [0.1, 0.15) is 5.52 Å². The molecule has 4 heteroatoms. The third-order valence-electron chi connectivity index (χ3n) is 2.72. The van der Waals surface area contributed by atoms with Gasteiger partial charge in [0.05, 0.1) is 0 Å². The van der Waals surface area contributed by atoms with Crippen LogP contribution in [0.1, 0.15) is 6.92 Å². The molecule has 15 heavy (non-hydrogen) atoms. The van der Waals surface area contributed by atoms with E-state index >= 15 is 0 Å². The smallest absolute Gasteiger partial charge is 0.181 e. The summed E-state index contributed by atoms with van der Waals surface area (Å²) in [6, 6.07) is 6.27. The highest BCUT2D eigenvalue weighted by atomic mass is 16.3. The summed E-state index contributed by atoms with van der Waals surface area (Å²) >= 11 is 0. The Hall–Kier alpha value is -1.55. The predicted octanol–water partition coefficient (Wildman–Crippen LogP) is 1.61. The maximum atomic E-state index is 5.63. The molecule has 0 bridgehead atoms. The lowest BCUT2D eigenvalue weighted by Crippen LogP contribution is -2.35. The summed E-state index contributed by atoms with van der Waals surface area (Å²) < 4.78 is 5.25. The molecule has 0 radical (unpaired) electrons. The lowest BCUT2D eigenvalue weighted by Gasteiger charge is -2.25. The summed E-state index contributed by atoms with van der Waals surface area (Å²) in [5.41, 5.74) is 8.41. The lowest BCUT2D eigenvalue weighted by molar-refractivity contribution is 0.601. The Kier molecular flexibility index (Phi) is 2.60. The van der Waals surface area contributed by atoms with Gasteiger partial charge < -0.3 is 15.1 Å². The second-order valence-corrected chi connectivity index (χ2v) is 3.70. The van der Waals surface area contributed by atoms with E-state index in [0.29, 0.717) is 12.6 Å². The van der Waals surface area contributed by atoms with Crippen LogP contribution in [0.25, 0.3) is 11.1 Å². The number of hydrogen-bond donors (Lipinski definition) is 1. The number of hydrogen-bond acceptors (Lipinski definition) is 4. The molecule has 1 atom stereocenters. The molecule has 1 unspecified atom stereocenters. The van der Waals surface area contributed by atoms with E-state index < -0.39 is 0 Å². The number of oxazole rings is 1. The van der Waals surface area contributed by atoms with E-state index in [0.717, 1.165) is 16.8 Å². The largest absolute Gasteiger partial charge is 0.443 e. The van der Waals surface area contributed by atoms with Crippen LogP contribution in [0.2, 0.25) is 0 Å². The third kappa shape index (κ3) is 1.80. The van der Waals surface area contributed by atoms with Gasteiger partial charge >= 0.3 is 0 Å². The summed E-state index contributed by atoms with van der Waals surface area (Å²) in [5, 5.41) is 0. The number of fused-ring (bicyclic) bond motifs is 1. The highest BCUT2D eigenvalue weighted by Crippen LogP contribution is 2.21. The van der Waals surface area contributed by atoms with Crippen LogP contribution in [0.4, 0.5) is 5.69 Å². The second-order valence-electron chi connectivity index (χ2n) is 3.70. The molecule has 1 aromatic carbocycles. The fraction of sp³-hybridized carbons (Fsp3) is 0.364. The Labute approximate surface area is 88.7 Å². The van der Waals surface area contributed by atoms with Gasteiger partial charge in [0.25, 0.3) is 0 Å². The van der Waals surface area contributed by atoms with Crippen molar-refractivity contribution >= 4 is 16.8 Å². The average Bonchev–Trinajstić information content (AvgIpc) is 2.73. The summed E-state index contributed by atoms with van der Waals surface area (Å²) in [7, 11) is 2.02. The second kappa shape index (κ2) is 3.90. The summed E-state index contributed by atoms with van der Waals surface area (Å²) in [5.74, 6) is 0. The van der Waals surface area contributed by atoms with E-state index in [9.17, 15) is 0 Å². The Morgan fingerprint density at radius 2 is 2.33 bits per heavy atom. The molecular formula is C11H15N3O. The molecule has 0 amide bonds. The third-order valence-corrected chi connectivity index (χ3v) is 2.72. The van der Waals surface area contributed by atoms with Crippen LogP contribution >= 0.6 is 0 Å². The zero-order valence-corrected chi connectivity index (χ0v) is 8.97. The Bertz CT molecular complexity index is 452. The van der Waals surface area contributed by atoms with Crippen LogP contribution < -0.4 is 10.6 Å². The standard InChI is InChI=1S/C11H15N3O/c1-8(6-12)14(2)9-3-4-10-11(5-9)15-7-13-10/h3-5,7-8H,6,12H2,1-2H3. The monoisotopic (exact) mass is 205 g/mol. The first-order chi connectivity index (χ1) is 7.22. The molecule has 0 saturated carbocycles. The highest BCUT2D eigenvalue weighted by molar-refractivity contribution is 5.77. The zero-order valence-electron chi connectivity index (χ0n) is 8.97. The molecule has 0 spiro atoms. The Morgan fingerprint density at radius 3 is 3.07 bits per heavy atom. The molecule has 2 N–H and O–H groups in total. The van der Waals surface area contributed by atoms with Gasteiger partial charge in [-0.2, -0.15) is 0 Å². The predicted molar refractivity (Wildman–Crippen MR) is 60.9 cm³/mol. The normalized spacial score (nSPS) is 13.0. The van der Waals surface area contributed by atoms with Crippen molar-refractivity contribution in [2.24, 2.45) is 5.73 Å². The molecule has 2 rings (SSSR count). The first kappa shape index (κ1) is 9.98. The summed E-state index contributed by atoms with van der Waals surface area (Å²) in [4.78, 5) is 6.20. The fourth-order valence-electron chi connectivity index (χ4n) is 1.48. The molecule has 0 aliphatic heterocycles. The van der Waals surface area contributed by atoms with Crippen molar-refractivity contribution in [3.05, 3.63) is 24.6 Å². The number of aromatic nitrogens is 1. The molecule has 1 aromatic heterocycles. The van der Waals surface area contributed by atoms with Crippen molar-refractivity contribution in [3.63, 3.8) is 0 Å². The molecule has 0 aliphatic carbocycles. The number of likely N-dealkylation sites (N-methyl/N-ethyl adjacent to an activating group) is 1. The van der Waals surface area contributed by atoms with Gasteiger partial charge in [0.2, 0.25) is 0 Å². The quantitative estimate of drug-likeness (QED) is 0.827. The fourth-order valence-corrected chi connectivity index (χ4v) is 1.48.